The molecule has 0 aromatic carbocycles. The smallest absolute Gasteiger partial charge is 0.303 e. The fourth-order valence-electron chi connectivity index (χ4n) is 4.20. The van der Waals surface area contributed by atoms with E-state index in [1.54, 1.807) is 13.8 Å². The first kappa shape index (κ1) is 33.7. The second-order valence-corrected chi connectivity index (χ2v) is 10.9. The molecule has 0 aliphatic carbocycles. The molecule has 0 spiro atoms. The van der Waals surface area contributed by atoms with Crippen LogP contribution in [-0.4, -0.2) is 108 Å². The molecule has 0 saturated carbocycles. The lowest BCUT2D eigenvalue weighted by molar-refractivity contribution is -0.256. The molecule has 0 unspecified atom stereocenters. The molecule has 2 saturated heterocycles. The third-order valence-electron chi connectivity index (χ3n) is 5.63. The quantitative estimate of drug-likeness (QED) is 0.260. The van der Waals surface area contributed by atoms with Gasteiger partial charge in [0.15, 0.2) is 24.6 Å². The van der Waals surface area contributed by atoms with Crippen LogP contribution in [0.1, 0.15) is 54.9 Å². The molecule has 0 aromatic rings. The Morgan fingerprint density at radius 3 is 1.75 bits per heavy atom. The summed E-state index contributed by atoms with van der Waals surface area (Å²) < 4.78 is 44.4. The average molecular weight is 595 g/mol. The molecule has 2 heterocycles. The zero-order valence-electron chi connectivity index (χ0n) is 23.6. The second-order valence-electron chi connectivity index (χ2n) is 9.58. The molecule has 2 aliphatic heterocycles. The van der Waals surface area contributed by atoms with E-state index in [0.717, 1.165) is 32.5 Å². The standard InChI is InChI=1S/C25H38O14S/c1-11(2)34-24-17(31)8-20(18(38-24)9-32-12(3)26)40-25-23(37-16(7)30)22(36-15(6)29)21(35-14(5)28)19(39-25)10-33-13(4)27/h11,17-25,31H,8-10H2,1-7H3/t17-,18+,19+,20+,21+,22-,23+,24-,25-/m0/s1. The van der Waals surface area contributed by atoms with Crippen LogP contribution in [0, 0.1) is 0 Å². The Balaban J connectivity index is 2.44. The van der Waals surface area contributed by atoms with Gasteiger partial charge >= 0.3 is 29.8 Å². The first-order valence-electron chi connectivity index (χ1n) is 12.8. The van der Waals surface area contributed by atoms with Crippen molar-refractivity contribution >= 4 is 41.6 Å². The van der Waals surface area contributed by atoms with E-state index >= 15 is 0 Å². The third-order valence-corrected chi connectivity index (χ3v) is 7.12. The van der Waals surface area contributed by atoms with Crippen molar-refractivity contribution in [2.45, 2.75) is 115 Å². The van der Waals surface area contributed by atoms with Crippen molar-refractivity contribution < 1.29 is 67.0 Å². The number of esters is 5. The van der Waals surface area contributed by atoms with E-state index in [2.05, 4.69) is 0 Å². The molecule has 2 rings (SSSR count). The van der Waals surface area contributed by atoms with Crippen LogP contribution in [0.5, 0.6) is 0 Å². The molecule has 0 radical (unpaired) electrons. The van der Waals surface area contributed by atoms with Crippen LogP contribution >= 0.6 is 11.8 Å². The average Bonchev–Trinajstić information content (AvgIpc) is 2.81. The summed E-state index contributed by atoms with van der Waals surface area (Å²) >= 11 is 1.06. The Morgan fingerprint density at radius 2 is 1.25 bits per heavy atom. The first-order valence-corrected chi connectivity index (χ1v) is 13.7. The highest BCUT2D eigenvalue weighted by Crippen LogP contribution is 2.40. The largest absolute Gasteiger partial charge is 0.463 e. The molecule has 9 atom stereocenters. The van der Waals surface area contributed by atoms with Gasteiger partial charge in [0.2, 0.25) is 0 Å². The molecule has 0 bridgehead atoms. The summed E-state index contributed by atoms with van der Waals surface area (Å²) in [5.74, 6) is -3.42. The maximum absolute atomic E-state index is 12.1. The molecule has 2 fully saturated rings. The first-order chi connectivity index (χ1) is 18.7. The SMILES string of the molecule is CC(=O)OC[C@H]1O[C@@H](S[C@@H]2C[C@H](O)[C@@H](OC(C)C)O[C@@H]2COC(C)=O)[C@H](OC(C)=O)[C@@H](OC(C)=O)[C@@H]1OC(C)=O. The lowest BCUT2D eigenvalue weighted by Crippen LogP contribution is -2.62. The zero-order chi connectivity index (χ0) is 30.1. The van der Waals surface area contributed by atoms with Crippen LogP contribution < -0.4 is 0 Å². The summed E-state index contributed by atoms with van der Waals surface area (Å²) in [5, 5.41) is 10.1. The third kappa shape index (κ3) is 10.5. The van der Waals surface area contributed by atoms with Crippen molar-refractivity contribution in [1.82, 2.24) is 0 Å². The number of hydrogen-bond acceptors (Lipinski definition) is 15. The van der Waals surface area contributed by atoms with Gasteiger partial charge in [-0.3, -0.25) is 24.0 Å². The molecule has 2 aliphatic rings. The Bertz CT molecular complexity index is 910. The predicted octanol–water partition coefficient (Wildman–Crippen LogP) is 0.635. The molecule has 14 nitrogen and oxygen atoms in total. The molecule has 228 valence electrons. The minimum Gasteiger partial charge on any atom is -0.463 e. The van der Waals surface area contributed by atoms with Gasteiger partial charge in [-0.25, -0.2) is 0 Å². The Kier molecular flexibility index (Phi) is 13.1. The van der Waals surface area contributed by atoms with Gasteiger partial charge in [0.1, 0.15) is 37.0 Å². The summed E-state index contributed by atoms with van der Waals surface area (Å²) in [6.45, 7) is 8.81. The van der Waals surface area contributed by atoms with E-state index in [0.29, 0.717) is 0 Å². The highest BCUT2D eigenvalue weighted by molar-refractivity contribution is 8.00. The molecule has 0 aromatic heterocycles. The molecule has 0 amide bonds. The Morgan fingerprint density at radius 1 is 0.750 bits per heavy atom. The van der Waals surface area contributed by atoms with Crippen LogP contribution in [-0.2, 0) is 61.9 Å². The number of thioether (sulfide) groups is 1. The van der Waals surface area contributed by atoms with Crippen LogP contribution in [0.15, 0.2) is 0 Å². The van der Waals surface area contributed by atoms with Gasteiger partial charge < -0.3 is 43.0 Å². The van der Waals surface area contributed by atoms with Gasteiger partial charge in [0.05, 0.1) is 6.10 Å². The molecule has 1 N–H and O–H groups in total. The van der Waals surface area contributed by atoms with Gasteiger partial charge in [-0.2, -0.15) is 0 Å². The Hall–Kier alpha value is -2.46. The van der Waals surface area contributed by atoms with E-state index in [4.69, 9.17) is 37.9 Å². The van der Waals surface area contributed by atoms with Crippen molar-refractivity contribution in [3.63, 3.8) is 0 Å². The number of carbonyl (C=O) groups is 5. The maximum Gasteiger partial charge on any atom is 0.303 e. The molecular weight excluding hydrogens is 556 g/mol. The van der Waals surface area contributed by atoms with Crippen LogP contribution in [0.25, 0.3) is 0 Å². The van der Waals surface area contributed by atoms with Crippen LogP contribution in [0.4, 0.5) is 0 Å². The summed E-state index contributed by atoms with van der Waals surface area (Å²) in [6, 6.07) is 0. The topological polar surface area (TPSA) is 179 Å². The summed E-state index contributed by atoms with van der Waals surface area (Å²) in [4.78, 5) is 59.2. The normalized spacial score (nSPS) is 32.1. The predicted molar refractivity (Wildman–Crippen MR) is 135 cm³/mol. The number of hydrogen-bond donors (Lipinski definition) is 1. The number of ether oxygens (including phenoxy) is 8. The van der Waals surface area contributed by atoms with Crippen LogP contribution in [0.2, 0.25) is 0 Å². The van der Waals surface area contributed by atoms with Crippen molar-refractivity contribution in [2.75, 3.05) is 13.2 Å². The minimum atomic E-state index is -1.34. The summed E-state index contributed by atoms with van der Waals surface area (Å²) in [7, 11) is 0. The van der Waals surface area contributed by atoms with Gasteiger partial charge in [-0.05, 0) is 20.3 Å². The number of aliphatic hydroxyl groups excluding tert-OH is 1. The van der Waals surface area contributed by atoms with Gasteiger partial charge in [-0.1, -0.05) is 0 Å². The van der Waals surface area contributed by atoms with E-state index < -0.39 is 83.4 Å². The zero-order valence-corrected chi connectivity index (χ0v) is 24.4. The summed E-state index contributed by atoms with van der Waals surface area (Å²) in [6.07, 6.45) is -8.06. The van der Waals surface area contributed by atoms with Crippen molar-refractivity contribution in [3.8, 4) is 0 Å². The van der Waals surface area contributed by atoms with Gasteiger partial charge in [0.25, 0.3) is 0 Å². The van der Waals surface area contributed by atoms with Crippen molar-refractivity contribution in [2.24, 2.45) is 0 Å². The van der Waals surface area contributed by atoms with E-state index in [9.17, 15) is 29.1 Å². The molecule has 15 heteroatoms. The van der Waals surface area contributed by atoms with Gasteiger partial charge in [0, 0.05) is 39.9 Å². The number of carbonyl (C=O) groups excluding carboxylic acids is 5. The molecular formula is C25H38O14S. The van der Waals surface area contributed by atoms with E-state index in [1.165, 1.54) is 13.8 Å². The fourth-order valence-corrected chi connectivity index (χ4v) is 5.75. The van der Waals surface area contributed by atoms with E-state index in [1.807, 2.05) is 0 Å². The highest BCUT2D eigenvalue weighted by Gasteiger charge is 2.54. The maximum atomic E-state index is 12.1. The number of aliphatic hydroxyl groups is 1. The lowest BCUT2D eigenvalue weighted by atomic mass is 9.99. The van der Waals surface area contributed by atoms with Crippen molar-refractivity contribution in [1.29, 1.82) is 0 Å². The lowest BCUT2D eigenvalue weighted by Gasteiger charge is -2.46. The second kappa shape index (κ2) is 15.5. The fraction of sp³-hybridized carbons (Fsp3) is 0.800. The van der Waals surface area contributed by atoms with Crippen LogP contribution in [0.3, 0.4) is 0 Å². The molecule has 40 heavy (non-hydrogen) atoms. The number of rotatable bonds is 11. The highest BCUT2D eigenvalue weighted by atomic mass is 32.2. The Labute approximate surface area is 236 Å². The summed E-state index contributed by atoms with van der Waals surface area (Å²) in [5.41, 5.74) is -1.09. The minimum absolute atomic E-state index is 0.0981. The van der Waals surface area contributed by atoms with E-state index in [-0.39, 0.29) is 25.7 Å². The van der Waals surface area contributed by atoms with Crippen molar-refractivity contribution in [3.05, 3.63) is 0 Å². The monoisotopic (exact) mass is 594 g/mol. The van der Waals surface area contributed by atoms with Gasteiger partial charge in [-0.15, -0.1) is 11.8 Å².